The first-order valence-corrected chi connectivity index (χ1v) is 6.56. The molecule has 0 aromatic heterocycles. The Bertz CT molecular complexity index is 693. The van der Waals surface area contributed by atoms with Gasteiger partial charge in [0, 0.05) is 0 Å². The Balaban J connectivity index is 2.52. The van der Waals surface area contributed by atoms with Crippen molar-refractivity contribution in [3.8, 4) is 23.6 Å². The average Bonchev–Trinajstić information content (AvgIpc) is 2.60. The Morgan fingerprint density at radius 3 is 1.23 bits per heavy atom. The van der Waals surface area contributed by atoms with Crippen LogP contribution in [0.15, 0.2) is 48.5 Å². The van der Waals surface area contributed by atoms with Crippen molar-refractivity contribution >= 4 is 11.1 Å². The first-order chi connectivity index (χ1) is 10.7. The molecule has 0 radical (unpaired) electrons. The molecule has 0 aliphatic carbocycles. The van der Waals surface area contributed by atoms with Crippen LogP contribution in [0, 0.1) is 22.7 Å². The van der Waals surface area contributed by atoms with Crippen LogP contribution in [0.2, 0.25) is 0 Å². The Labute approximate surface area is 129 Å². The second-order valence-electron chi connectivity index (χ2n) is 4.43. The highest BCUT2D eigenvalue weighted by atomic mass is 16.5. The van der Waals surface area contributed by atoms with Crippen LogP contribution in [0.25, 0.3) is 11.1 Å². The molecule has 22 heavy (non-hydrogen) atoms. The molecule has 2 rings (SSSR count). The number of methoxy groups -OCH3 is 2. The van der Waals surface area contributed by atoms with Crippen LogP contribution in [-0.2, 0) is 0 Å². The molecule has 108 valence electrons. The molecule has 0 aliphatic rings. The van der Waals surface area contributed by atoms with Gasteiger partial charge in [-0.25, -0.2) is 0 Å². The number of nitriles is 2. The highest BCUT2D eigenvalue weighted by Crippen LogP contribution is 2.27. The van der Waals surface area contributed by atoms with Gasteiger partial charge in [-0.15, -0.1) is 0 Å². The van der Waals surface area contributed by atoms with E-state index >= 15 is 0 Å². The maximum atomic E-state index is 9.45. The summed E-state index contributed by atoms with van der Waals surface area (Å²) < 4.78 is 10.2. The first-order valence-electron chi connectivity index (χ1n) is 6.56. The maximum Gasteiger partial charge on any atom is 0.118 e. The van der Waals surface area contributed by atoms with E-state index < -0.39 is 0 Å². The molecule has 0 bridgehead atoms. The predicted octanol–water partition coefficient (Wildman–Crippen LogP) is 3.66. The highest BCUT2D eigenvalue weighted by molar-refractivity contribution is 6.02. The molecule has 0 heterocycles. The number of ether oxygens (including phenoxy) is 2. The van der Waals surface area contributed by atoms with E-state index in [2.05, 4.69) is 12.1 Å². The molecular formula is C18H14N2O2. The molecule has 0 saturated carbocycles. The topological polar surface area (TPSA) is 66.0 Å². The average molecular weight is 290 g/mol. The first kappa shape index (κ1) is 15.2. The minimum atomic E-state index is 0.329. The number of rotatable bonds is 4. The molecule has 0 N–H and O–H groups in total. The lowest BCUT2D eigenvalue weighted by molar-refractivity contribution is 0.414. The van der Waals surface area contributed by atoms with Gasteiger partial charge in [-0.2, -0.15) is 10.5 Å². The molecule has 0 amide bonds. The minimum Gasteiger partial charge on any atom is -0.497 e. The van der Waals surface area contributed by atoms with Gasteiger partial charge in [-0.05, 0) is 59.7 Å². The van der Waals surface area contributed by atoms with E-state index in [0.717, 1.165) is 0 Å². The number of allylic oxidation sites excluding steroid dienone is 2. The van der Waals surface area contributed by atoms with E-state index in [4.69, 9.17) is 9.47 Å². The summed E-state index contributed by atoms with van der Waals surface area (Å²) in [4.78, 5) is 0. The summed E-state index contributed by atoms with van der Waals surface area (Å²) in [6.07, 6.45) is 0. The SMILES string of the molecule is COc1ccc(/C(C#N)=C(/C#N)c2ccc(OC)cc2)cc1. The third-order valence-corrected chi connectivity index (χ3v) is 3.23. The van der Waals surface area contributed by atoms with Crippen LogP contribution in [-0.4, -0.2) is 14.2 Å². The fraction of sp³-hybridized carbons (Fsp3) is 0.111. The third-order valence-electron chi connectivity index (χ3n) is 3.23. The number of nitrogens with zero attached hydrogens (tertiary/aromatic N) is 2. The molecule has 0 fully saturated rings. The maximum absolute atomic E-state index is 9.45. The number of hydrogen-bond donors (Lipinski definition) is 0. The zero-order valence-electron chi connectivity index (χ0n) is 12.3. The van der Waals surface area contributed by atoms with Crippen molar-refractivity contribution in [2.75, 3.05) is 14.2 Å². The van der Waals surface area contributed by atoms with E-state index in [1.165, 1.54) is 0 Å². The lowest BCUT2D eigenvalue weighted by Crippen LogP contribution is -1.91. The fourth-order valence-corrected chi connectivity index (χ4v) is 2.04. The highest BCUT2D eigenvalue weighted by Gasteiger charge is 2.11. The second-order valence-corrected chi connectivity index (χ2v) is 4.43. The van der Waals surface area contributed by atoms with Gasteiger partial charge in [-0.3, -0.25) is 0 Å². The largest absolute Gasteiger partial charge is 0.497 e. The van der Waals surface area contributed by atoms with E-state index in [1.807, 2.05) is 0 Å². The zero-order chi connectivity index (χ0) is 15.9. The van der Waals surface area contributed by atoms with E-state index in [-0.39, 0.29) is 0 Å². The normalized spacial score (nSPS) is 10.9. The van der Waals surface area contributed by atoms with Crippen molar-refractivity contribution in [1.29, 1.82) is 10.5 Å². The smallest absolute Gasteiger partial charge is 0.118 e. The van der Waals surface area contributed by atoms with Gasteiger partial charge >= 0.3 is 0 Å². The van der Waals surface area contributed by atoms with Crippen LogP contribution in [0.1, 0.15) is 11.1 Å². The van der Waals surface area contributed by atoms with Crippen molar-refractivity contribution in [2.45, 2.75) is 0 Å². The van der Waals surface area contributed by atoms with Crippen molar-refractivity contribution in [3.63, 3.8) is 0 Å². The van der Waals surface area contributed by atoms with E-state index in [0.29, 0.717) is 33.8 Å². The van der Waals surface area contributed by atoms with Gasteiger partial charge < -0.3 is 9.47 Å². The molecule has 0 saturated heterocycles. The molecule has 4 nitrogen and oxygen atoms in total. The minimum absolute atomic E-state index is 0.329. The van der Waals surface area contributed by atoms with Crippen LogP contribution >= 0.6 is 0 Å². The molecule has 2 aromatic rings. The van der Waals surface area contributed by atoms with Gasteiger partial charge in [0.25, 0.3) is 0 Å². The summed E-state index contributed by atoms with van der Waals surface area (Å²) in [5.41, 5.74) is 2.01. The molecule has 2 aromatic carbocycles. The van der Waals surface area contributed by atoms with Gasteiger partial charge in [0.05, 0.1) is 25.4 Å². The van der Waals surface area contributed by atoms with E-state index in [1.54, 1.807) is 62.8 Å². The van der Waals surface area contributed by atoms with Gasteiger partial charge in [0.1, 0.15) is 23.6 Å². The summed E-state index contributed by atoms with van der Waals surface area (Å²) in [6.45, 7) is 0. The molecular weight excluding hydrogens is 276 g/mol. The van der Waals surface area contributed by atoms with E-state index in [9.17, 15) is 10.5 Å². The molecule has 0 aliphatic heterocycles. The lowest BCUT2D eigenvalue weighted by atomic mass is 9.96. The monoisotopic (exact) mass is 290 g/mol. The Morgan fingerprint density at radius 1 is 0.682 bits per heavy atom. The van der Waals surface area contributed by atoms with Gasteiger partial charge in [0.15, 0.2) is 0 Å². The van der Waals surface area contributed by atoms with Crippen LogP contribution in [0.3, 0.4) is 0 Å². The number of benzene rings is 2. The predicted molar refractivity (Wildman–Crippen MR) is 84.0 cm³/mol. The van der Waals surface area contributed by atoms with Crippen LogP contribution in [0.4, 0.5) is 0 Å². The van der Waals surface area contributed by atoms with Crippen molar-refractivity contribution in [1.82, 2.24) is 0 Å². The van der Waals surface area contributed by atoms with Crippen molar-refractivity contribution in [3.05, 3.63) is 59.7 Å². The Kier molecular flexibility index (Phi) is 4.80. The Morgan fingerprint density at radius 2 is 1.00 bits per heavy atom. The molecule has 0 spiro atoms. The van der Waals surface area contributed by atoms with Crippen LogP contribution < -0.4 is 9.47 Å². The third kappa shape index (κ3) is 3.08. The lowest BCUT2D eigenvalue weighted by Gasteiger charge is -2.06. The zero-order valence-corrected chi connectivity index (χ0v) is 12.3. The Hall–Kier alpha value is -3.24. The summed E-state index contributed by atoms with van der Waals surface area (Å²) >= 11 is 0. The standard InChI is InChI=1S/C18H14N2O2/c1-21-15-7-3-13(4-8-15)17(11-19)18(12-20)14-5-9-16(22-2)10-6-14/h3-10H,1-2H3/b18-17-. The van der Waals surface area contributed by atoms with Crippen LogP contribution in [0.5, 0.6) is 11.5 Å². The molecule has 0 unspecified atom stereocenters. The fourth-order valence-electron chi connectivity index (χ4n) is 2.04. The summed E-state index contributed by atoms with van der Waals surface area (Å²) in [5.74, 6) is 1.40. The summed E-state index contributed by atoms with van der Waals surface area (Å²) in [6, 6.07) is 18.3. The van der Waals surface area contributed by atoms with Gasteiger partial charge in [0.2, 0.25) is 0 Å². The number of hydrogen-bond acceptors (Lipinski definition) is 4. The summed E-state index contributed by atoms with van der Waals surface area (Å²) in [7, 11) is 3.15. The summed E-state index contributed by atoms with van der Waals surface area (Å²) in [5, 5.41) is 18.9. The van der Waals surface area contributed by atoms with Crippen molar-refractivity contribution < 1.29 is 9.47 Å². The molecule has 0 atom stereocenters. The second kappa shape index (κ2) is 6.97. The van der Waals surface area contributed by atoms with Gasteiger partial charge in [-0.1, -0.05) is 0 Å². The van der Waals surface area contributed by atoms with Crippen molar-refractivity contribution in [2.24, 2.45) is 0 Å². The molecule has 4 heteroatoms. The quantitative estimate of drug-likeness (QED) is 0.636.